The topological polar surface area (TPSA) is 59.4 Å². The lowest BCUT2D eigenvalue weighted by Crippen LogP contribution is -2.44. The number of rotatable bonds is 6. The van der Waals surface area contributed by atoms with Crippen LogP contribution in [0.5, 0.6) is 0 Å². The molecule has 0 aliphatic carbocycles. The Morgan fingerprint density at radius 1 is 1.42 bits per heavy atom. The molecule has 0 saturated carbocycles. The van der Waals surface area contributed by atoms with Gasteiger partial charge in [0.1, 0.15) is 5.82 Å². The van der Waals surface area contributed by atoms with Gasteiger partial charge in [0.2, 0.25) is 5.91 Å². The predicted octanol–water partition coefficient (Wildman–Crippen LogP) is 1.27. The first kappa shape index (κ1) is 16.7. The Kier molecular flexibility index (Phi) is 5.61. The van der Waals surface area contributed by atoms with Crippen LogP contribution in [0, 0.1) is 0 Å². The van der Waals surface area contributed by atoms with Crippen molar-refractivity contribution in [2.45, 2.75) is 25.6 Å². The van der Waals surface area contributed by atoms with Gasteiger partial charge in [-0.2, -0.15) is 0 Å². The number of aromatic nitrogens is 2. The van der Waals surface area contributed by atoms with Gasteiger partial charge in [-0.1, -0.05) is 30.3 Å². The van der Waals surface area contributed by atoms with Crippen molar-refractivity contribution in [2.75, 3.05) is 26.8 Å². The summed E-state index contributed by atoms with van der Waals surface area (Å²) < 4.78 is 7.49. The molecule has 6 nitrogen and oxygen atoms in total. The van der Waals surface area contributed by atoms with E-state index in [-0.39, 0.29) is 11.9 Å². The number of hydrogen-bond acceptors (Lipinski definition) is 4. The number of amides is 1. The van der Waals surface area contributed by atoms with Crippen molar-refractivity contribution >= 4 is 5.91 Å². The van der Waals surface area contributed by atoms with Crippen molar-refractivity contribution in [1.82, 2.24) is 19.8 Å². The standard InChI is InChI=1S/C18H24N4O2/c1-21(18(23)11-16-14-24-10-8-19-16)13-17-20-7-9-22(17)12-15-5-3-2-4-6-15/h2-7,9,16,19H,8,10-14H2,1H3/t16-/m0/s1. The average Bonchev–Trinajstić information content (AvgIpc) is 3.03. The highest BCUT2D eigenvalue weighted by Crippen LogP contribution is 2.09. The molecule has 2 heterocycles. The van der Waals surface area contributed by atoms with Crippen LogP contribution in [0.3, 0.4) is 0 Å². The summed E-state index contributed by atoms with van der Waals surface area (Å²) in [7, 11) is 1.83. The van der Waals surface area contributed by atoms with Crippen LogP contribution in [0.4, 0.5) is 0 Å². The van der Waals surface area contributed by atoms with Crippen LogP contribution in [-0.2, 0) is 22.6 Å². The number of nitrogens with one attached hydrogen (secondary N) is 1. The van der Waals surface area contributed by atoms with Gasteiger partial charge in [-0.05, 0) is 5.56 Å². The van der Waals surface area contributed by atoms with E-state index in [4.69, 9.17) is 4.74 Å². The molecule has 1 amide bonds. The fraction of sp³-hybridized carbons (Fsp3) is 0.444. The van der Waals surface area contributed by atoms with Crippen LogP contribution in [0.1, 0.15) is 17.8 Å². The molecule has 24 heavy (non-hydrogen) atoms. The maximum absolute atomic E-state index is 12.4. The lowest BCUT2D eigenvalue weighted by Gasteiger charge is -2.25. The molecule has 0 spiro atoms. The third kappa shape index (κ3) is 4.43. The van der Waals surface area contributed by atoms with E-state index in [9.17, 15) is 4.79 Å². The van der Waals surface area contributed by atoms with Gasteiger partial charge in [-0.25, -0.2) is 4.98 Å². The number of morpholine rings is 1. The van der Waals surface area contributed by atoms with Crippen LogP contribution in [-0.4, -0.2) is 53.2 Å². The van der Waals surface area contributed by atoms with Gasteiger partial charge < -0.3 is 19.5 Å². The summed E-state index contributed by atoms with van der Waals surface area (Å²) in [5.41, 5.74) is 1.22. The first-order valence-corrected chi connectivity index (χ1v) is 8.31. The van der Waals surface area contributed by atoms with Gasteiger partial charge >= 0.3 is 0 Å². The monoisotopic (exact) mass is 328 g/mol. The Labute approximate surface area is 142 Å². The molecule has 0 radical (unpaired) electrons. The lowest BCUT2D eigenvalue weighted by molar-refractivity contribution is -0.131. The third-order valence-electron chi connectivity index (χ3n) is 4.22. The minimum absolute atomic E-state index is 0.104. The van der Waals surface area contributed by atoms with Gasteiger partial charge in [-0.3, -0.25) is 4.79 Å². The van der Waals surface area contributed by atoms with E-state index < -0.39 is 0 Å². The SMILES string of the molecule is CN(Cc1nccn1Cc1ccccc1)C(=O)C[C@H]1COCCN1. The molecule has 2 aromatic rings. The zero-order valence-corrected chi connectivity index (χ0v) is 14.0. The maximum atomic E-state index is 12.4. The minimum atomic E-state index is 0.104. The third-order valence-corrected chi connectivity index (χ3v) is 4.22. The van der Waals surface area contributed by atoms with E-state index in [1.165, 1.54) is 5.56 Å². The minimum Gasteiger partial charge on any atom is -0.378 e. The van der Waals surface area contributed by atoms with Crippen LogP contribution in [0.15, 0.2) is 42.7 Å². The Morgan fingerprint density at radius 3 is 3.00 bits per heavy atom. The van der Waals surface area contributed by atoms with Crippen LogP contribution in [0.2, 0.25) is 0 Å². The van der Waals surface area contributed by atoms with Crippen molar-refractivity contribution in [3.05, 3.63) is 54.1 Å². The Balaban J connectivity index is 1.57. The summed E-state index contributed by atoms with van der Waals surface area (Å²) in [6.07, 6.45) is 4.19. The summed E-state index contributed by atoms with van der Waals surface area (Å²) in [6.45, 7) is 3.39. The highest BCUT2D eigenvalue weighted by molar-refractivity contribution is 5.76. The molecule has 1 saturated heterocycles. The van der Waals surface area contributed by atoms with E-state index in [2.05, 4.69) is 27.0 Å². The van der Waals surface area contributed by atoms with Gasteiger partial charge in [0, 0.05) is 45.0 Å². The van der Waals surface area contributed by atoms with Gasteiger partial charge in [0.25, 0.3) is 0 Å². The molecule has 6 heteroatoms. The molecule has 3 rings (SSSR count). The summed E-state index contributed by atoms with van der Waals surface area (Å²) in [6, 6.07) is 10.4. The van der Waals surface area contributed by atoms with E-state index in [0.717, 1.165) is 25.5 Å². The second-order valence-electron chi connectivity index (χ2n) is 6.14. The zero-order chi connectivity index (χ0) is 16.8. The van der Waals surface area contributed by atoms with Crippen molar-refractivity contribution in [3.8, 4) is 0 Å². The first-order chi connectivity index (χ1) is 11.7. The number of carbonyl (C=O) groups excluding carboxylic acids is 1. The summed E-state index contributed by atoms with van der Waals surface area (Å²) in [5, 5.41) is 3.31. The summed E-state index contributed by atoms with van der Waals surface area (Å²) in [4.78, 5) is 18.5. The number of hydrogen-bond donors (Lipinski definition) is 1. The van der Waals surface area contributed by atoms with E-state index in [1.807, 2.05) is 31.4 Å². The number of ether oxygens (including phenoxy) is 1. The number of carbonyl (C=O) groups is 1. The van der Waals surface area contributed by atoms with Crippen molar-refractivity contribution in [3.63, 3.8) is 0 Å². The van der Waals surface area contributed by atoms with Crippen LogP contribution in [0.25, 0.3) is 0 Å². The second kappa shape index (κ2) is 8.08. The average molecular weight is 328 g/mol. The van der Waals surface area contributed by atoms with Crippen LogP contribution < -0.4 is 5.32 Å². The molecule has 1 N–H and O–H groups in total. The van der Waals surface area contributed by atoms with Crippen molar-refractivity contribution in [2.24, 2.45) is 0 Å². The van der Waals surface area contributed by atoms with E-state index >= 15 is 0 Å². The number of benzene rings is 1. The Bertz CT molecular complexity index is 650. The molecular formula is C18H24N4O2. The highest BCUT2D eigenvalue weighted by atomic mass is 16.5. The molecule has 128 valence electrons. The van der Waals surface area contributed by atoms with Crippen LogP contribution >= 0.6 is 0 Å². The predicted molar refractivity (Wildman–Crippen MR) is 91.5 cm³/mol. The van der Waals surface area contributed by atoms with Gasteiger partial charge in [0.05, 0.1) is 19.8 Å². The highest BCUT2D eigenvalue weighted by Gasteiger charge is 2.20. The van der Waals surface area contributed by atoms with E-state index in [0.29, 0.717) is 19.6 Å². The molecule has 1 atom stereocenters. The molecule has 1 aliphatic heterocycles. The van der Waals surface area contributed by atoms with Crippen molar-refractivity contribution < 1.29 is 9.53 Å². The number of imidazole rings is 1. The molecule has 1 fully saturated rings. The normalized spacial score (nSPS) is 17.6. The zero-order valence-electron chi connectivity index (χ0n) is 14.0. The second-order valence-corrected chi connectivity index (χ2v) is 6.14. The Hall–Kier alpha value is -2.18. The maximum Gasteiger partial charge on any atom is 0.224 e. The Morgan fingerprint density at radius 2 is 2.25 bits per heavy atom. The quantitative estimate of drug-likeness (QED) is 0.867. The fourth-order valence-corrected chi connectivity index (χ4v) is 2.83. The summed E-state index contributed by atoms with van der Waals surface area (Å²) >= 11 is 0. The van der Waals surface area contributed by atoms with Crippen molar-refractivity contribution in [1.29, 1.82) is 0 Å². The molecule has 1 aromatic heterocycles. The summed E-state index contributed by atoms with van der Waals surface area (Å²) in [5.74, 6) is 0.995. The molecule has 1 aromatic carbocycles. The van der Waals surface area contributed by atoms with Gasteiger partial charge in [0.15, 0.2) is 0 Å². The first-order valence-electron chi connectivity index (χ1n) is 8.31. The van der Waals surface area contributed by atoms with Gasteiger partial charge in [-0.15, -0.1) is 0 Å². The molecule has 0 unspecified atom stereocenters. The molecular weight excluding hydrogens is 304 g/mol. The molecule has 1 aliphatic rings. The lowest BCUT2D eigenvalue weighted by atomic mass is 10.2. The molecule has 0 bridgehead atoms. The van der Waals surface area contributed by atoms with E-state index in [1.54, 1.807) is 11.1 Å². The fourth-order valence-electron chi connectivity index (χ4n) is 2.83. The smallest absolute Gasteiger partial charge is 0.224 e. The number of nitrogens with zero attached hydrogens (tertiary/aromatic N) is 3. The largest absolute Gasteiger partial charge is 0.378 e.